The molecule has 1 fully saturated rings. The Bertz CT molecular complexity index is 1140. The number of fused-ring (bicyclic) bond motifs is 1. The number of aliphatic hydroxyl groups is 1. The molecule has 0 saturated carbocycles. The molecular weight excluding hydrogens is 503 g/mol. The number of piperidine rings is 1. The van der Waals surface area contributed by atoms with Crippen LogP contribution in [-0.2, 0) is 11.2 Å². The lowest BCUT2D eigenvalue weighted by Gasteiger charge is -2.33. The number of hydrogen-bond donors (Lipinski definition) is 2. The van der Waals surface area contributed by atoms with E-state index in [1.165, 1.54) is 18.9 Å². The molecule has 0 spiro atoms. The summed E-state index contributed by atoms with van der Waals surface area (Å²) in [6.45, 7) is 16.2. The van der Waals surface area contributed by atoms with Crippen molar-refractivity contribution in [3.63, 3.8) is 0 Å². The van der Waals surface area contributed by atoms with Crippen LogP contribution in [0.3, 0.4) is 0 Å². The average Bonchev–Trinajstić information content (AvgIpc) is 2.98. The number of ketones is 1. The first-order valence-corrected chi connectivity index (χ1v) is 14.6. The largest absolute Gasteiger partial charge is 0.393 e. The SMILES string of the molecule is C=N.CC.CCC1CCN(c2ncnc3c(-c4ccc(CC(C)=O)cc4)cc(F)cc23)CC1.CCCCC(C)O. The Morgan fingerprint density at radius 3 is 2.25 bits per heavy atom. The van der Waals surface area contributed by atoms with Crippen LogP contribution < -0.4 is 4.90 Å². The lowest BCUT2D eigenvalue weighted by atomic mass is 9.94. The van der Waals surface area contributed by atoms with Gasteiger partial charge in [-0.15, -0.1) is 0 Å². The predicted octanol–water partition coefficient (Wildman–Crippen LogP) is 8.04. The normalized spacial score (nSPS) is 13.7. The summed E-state index contributed by atoms with van der Waals surface area (Å²) in [7, 11) is 0. The van der Waals surface area contributed by atoms with Crippen LogP contribution in [0.5, 0.6) is 0 Å². The molecule has 1 saturated heterocycles. The number of halogens is 1. The molecule has 7 heteroatoms. The predicted molar refractivity (Wildman–Crippen MR) is 167 cm³/mol. The molecule has 1 aromatic heterocycles. The van der Waals surface area contributed by atoms with Crippen molar-refractivity contribution < 1.29 is 14.3 Å². The standard InChI is InChI=1S/C24H26FN3O.C6H14O.C2H6.CH3N/c1-3-17-8-10-28(11-9-17)24-22-14-20(25)13-21(23(22)26-15-27-24)19-6-4-18(5-7-19)12-16(2)29;1-3-4-5-6(2)7;2*1-2/h4-7,13-15,17H,3,8-12H2,1-2H3;6-7H,3-5H2,1-2H3;1-2H3;2H,1H2. The number of hydrogen-bond acceptors (Lipinski definition) is 6. The lowest BCUT2D eigenvalue weighted by Crippen LogP contribution is -2.34. The van der Waals surface area contributed by atoms with Crippen LogP contribution in [0.15, 0.2) is 42.7 Å². The van der Waals surface area contributed by atoms with E-state index in [0.717, 1.165) is 78.1 Å². The van der Waals surface area contributed by atoms with Gasteiger partial charge in [0.1, 0.15) is 23.7 Å². The third kappa shape index (κ3) is 10.8. The van der Waals surface area contributed by atoms with Crippen LogP contribution >= 0.6 is 0 Å². The van der Waals surface area contributed by atoms with Crippen molar-refractivity contribution in [1.82, 2.24) is 9.97 Å². The van der Waals surface area contributed by atoms with Gasteiger partial charge >= 0.3 is 0 Å². The Kier molecular flexibility index (Phi) is 16.5. The molecule has 1 aliphatic rings. The van der Waals surface area contributed by atoms with Gasteiger partial charge in [0, 0.05) is 30.5 Å². The van der Waals surface area contributed by atoms with Crippen molar-refractivity contribution in [1.29, 1.82) is 5.41 Å². The first-order chi connectivity index (χ1) is 19.3. The topological polar surface area (TPSA) is 90.2 Å². The van der Waals surface area contributed by atoms with E-state index >= 15 is 0 Å². The van der Waals surface area contributed by atoms with Crippen LogP contribution in [0.2, 0.25) is 0 Å². The van der Waals surface area contributed by atoms with Gasteiger partial charge in [-0.05, 0) is 69.0 Å². The highest BCUT2D eigenvalue weighted by molar-refractivity contribution is 5.99. The number of aromatic nitrogens is 2. The Morgan fingerprint density at radius 1 is 1.12 bits per heavy atom. The zero-order chi connectivity index (χ0) is 30.1. The number of nitrogens with one attached hydrogen (secondary N) is 1. The first kappa shape index (κ1) is 34.8. The molecule has 0 radical (unpaired) electrons. The van der Waals surface area contributed by atoms with Gasteiger partial charge in [-0.1, -0.05) is 71.2 Å². The third-order valence-electron chi connectivity index (χ3n) is 6.87. The van der Waals surface area contributed by atoms with E-state index in [1.54, 1.807) is 19.3 Å². The smallest absolute Gasteiger partial charge is 0.140 e. The molecule has 0 aliphatic carbocycles. The van der Waals surface area contributed by atoms with Gasteiger partial charge < -0.3 is 15.4 Å². The summed E-state index contributed by atoms with van der Waals surface area (Å²) >= 11 is 0. The van der Waals surface area contributed by atoms with Crippen LogP contribution in [0.4, 0.5) is 10.2 Å². The summed E-state index contributed by atoms with van der Waals surface area (Å²) in [5.74, 6) is 1.41. The molecule has 0 bridgehead atoms. The molecule has 2 heterocycles. The Morgan fingerprint density at radius 2 is 1.75 bits per heavy atom. The van der Waals surface area contributed by atoms with Crippen LogP contribution in [0.1, 0.15) is 85.6 Å². The second kappa shape index (κ2) is 19.0. The van der Waals surface area contributed by atoms with E-state index in [2.05, 4.69) is 35.4 Å². The number of unbranched alkanes of at least 4 members (excludes halogenated alkanes) is 1. The fourth-order valence-corrected chi connectivity index (χ4v) is 4.73. The number of nitrogens with zero attached hydrogens (tertiary/aromatic N) is 3. The quantitative estimate of drug-likeness (QED) is 0.276. The summed E-state index contributed by atoms with van der Waals surface area (Å²) in [4.78, 5) is 22.6. The van der Waals surface area contributed by atoms with Crippen LogP contribution in [0.25, 0.3) is 22.0 Å². The van der Waals surface area contributed by atoms with Crippen molar-refractivity contribution in [2.24, 2.45) is 5.92 Å². The van der Waals surface area contributed by atoms with Crippen molar-refractivity contribution in [2.75, 3.05) is 18.0 Å². The maximum Gasteiger partial charge on any atom is 0.140 e. The van der Waals surface area contributed by atoms with Gasteiger partial charge in [0.05, 0.1) is 11.6 Å². The van der Waals surface area contributed by atoms with E-state index < -0.39 is 0 Å². The lowest BCUT2D eigenvalue weighted by molar-refractivity contribution is -0.116. The molecule has 0 amide bonds. The zero-order valence-electron chi connectivity index (χ0n) is 25.3. The molecule has 2 aromatic carbocycles. The van der Waals surface area contributed by atoms with E-state index in [-0.39, 0.29) is 17.7 Å². The first-order valence-electron chi connectivity index (χ1n) is 14.6. The molecule has 6 nitrogen and oxygen atoms in total. The molecule has 1 atom stereocenters. The van der Waals surface area contributed by atoms with Gasteiger partial charge in [0.25, 0.3) is 0 Å². The van der Waals surface area contributed by atoms with E-state index in [0.29, 0.717) is 6.42 Å². The molecule has 40 heavy (non-hydrogen) atoms. The molecule has 4 rings (SSSR count). The highest BCUT2D eigenvalue weighted by Gasteiger charge is 2.22. The highest BCUT2D eigenvalue weighted by atomic mass is 19.1. The summed E-state index contributed by atoms with van der Waals surface area (Å²) in [6, 6.07) is 10.8. The average molecular weight is 553 g/mol. The number of rotatable bonds is 8. The summed E-state index contributed by atoms with van der Waals surface area (Å²) in [5.41, 5.74) is 3.35. The van der Waals surface area contributed by atoms with E-state index in [4.69, 9.17) is 10.5 Å². The molecule has 3 aromatic rings. The fraction of sp³-hybridized carbons (Fsp3) is 0.515. The third-order valence-corrected chi connectivity index (χ3v) is 6.87. The van der Waals surface area contributed by atoms with E-state index in [9.17, 15) is 9.18 Å². The Balaban J connectivity index is 0.000000629. The van der Waals surface area contributed by atoms with Crippen molar-refractivity contribution in [3.8, 4) is 11.1 Å². The number of aliphatic hydroxyl groups excluding tert-OH is 1. The second-order valence-corrected chi connectivity index (χ2v) is 9.95. The minimum absolute atomic E-state index is 0.0973. The number of Topliss-reactive ketones (excluding diaryl/α,β-unsaturated/α-hetero) is 1. The molecule has 1 aliphatic heterocycles. The zero-order valence-corrected chi connectivity index (χ0v) is 25.3. The number of anilines is 1. The molecule has 2 N–H and O–H groups in total. The molecule has 220 valence electrons. The van der Waals surface area contributed by atoms with Crippen molar-refractivity contribution in [3.05, 3.63) is 54.1 Å². The number of carbonyl (C=O) groups is 1. The second-order valence-electron chi connectivity index (χ2n) is 9.95. The fourth-order valence-electron chi connectivity index (χ4n) is 4.73. The number of benzene rings is 2. The summed E-state index contributed by atoms with van der Waals surface area (Å²) in [5, 5.41) is 14.9. The monoisotopic (exact) mass is 552 g/mol. The van der Waals surface area contributed by atoms with Crippen LogP contribution in [0, 0.1) is 17.1 Å². The van der Waals surface area contributed by atoms with Gasteiger partial charge in [-0.2, -0.15) is 0 Å². The molecule has 1 unspecified atom stereocenters. The van der Waals surface area contributed by atoms with E-state index in [1.807, 2.05) is 45.0 Å². The minimum atomic E-state index is -0.292. The van der Waals surface area contributed by atoms with Crippen LogP contribution in [-0.4, -0.2) is 46.8 Å². The highest BCUT2D eigenvalue weighted by Crippen LogP contribution is 2.34. The molecular formula is C33H49FN4O2. The van der Waals surface area contributed by atoms with Crippen molar-refractivity contribution in [2.45, 2.75) is 92.6 Å². The Hall–Kier alpha value is -3.19. The van der Waals surface area contributed by atoms with Gasteiger partial charge in [0.2, 0.25) is 0 Å². The summed E-state index contributed by atoms with van der Waals surface area (Å²) < 4.78 is 14.6. The Labute approximate surface area is 240 Å². The van der Waals surface area contributed by atoms with Gasteiger partial charge in [0.15, 0.2) is 0 Å². The maximum absolute atomic E-state index is 14.6. The van der Waals surface area contributed by atoms with Gasteiger partial charge in [-0.3, -0.25) is 4.79 Å². The number of carbonyl (C=O) groups excluding carboxylic acids is 1. The minimum Gasteiger partial charge on any atom is -0.393 e. The maximum atomic E-state index is 14.6. The van der Waals surface area contributed by atoms with Crippen molar-refractivity contribution >= 4 is 29.2 Å². The summed E-state index contributed by atoms with van der Waals surface area (Å²) in [6.07, 6.45) is 8.67. The van der Waals surface area contributed by atoms with Gasteiger partial charge in [-0.25, -0.2) is 14.4 Å².